The van der Waals surface area contributed by atoms with Gasteiger partial charge in [0.15, 0.2) is 0 Å². The number of rotatable bonds is 7. The Morgan fingerprint density at radius 2 is 1.78 bits per heavy atom. The van der Waals surface area contributed by atoms with Gasteiger partial charge in [-0.05, 0) is 48.0 Å². The molecule has 5 nitrogen and oxygen atoms in total. The summed E-state index contributed by atoms with van der Waals surface area (Å²) in [6, 6.07) is 18.9. The Kier molecular flexibility index (Phi) is 6.87. The molecule has 0 saturated heterocycles. The van der Waals surface area contributed by atoms with Gasteiger partial charge in [0.05, 0.1) is 35.3 Å². The third kappa shape index (κ3) is 5.36. The van der Waals surface area contributed by atoms with E-state index in [9.17, 15) is 9.18 Å². The maximum absolute atomic E-state index is 13.3. The number of halogens is 2. The maximum Gasteiger partial charge on any atom is 0.234 e. The highest BCUT2D eigenvalue weighted by atomic mass is 35.5. The number of anilines is 1. The van der Waals surface area contributed by atoms with Crippen molar-refractivity contribution in [3.05, 3.63) is 88.8 Å². The van der Waals surface area contributed by atoms with E-state index in [1.165, 1.54) is 31.0 Å². The number of carbonyl (C=O) groups is 1. The second-order valence-corrected chi connectivity index (χ2v) is 8.35. The average Bonchev–Trinajstić information content (AvgIpc) is 2.79. The molecule has 1 heterocycles. The van der Waals surface area contributed by atoms with Crippen molar-refractivity contribution < 1.29 is 13.9 Å². The van der Waals surface area contributed by atoms with Gasteiger partial charge in [0.25, 0.3) is 0 Å². The van der Waals surface area contributed by atoms with E-state index < -0.39 is 0 Å². The first-order valence-corrected chi connectivity index (χ1v) is 11.1. The van der Waals surface area contributed by atoms with Crippen LogP contribution in [0.4, 0.5) is 10.1 Å². The fourth-order valence-electron chi connectivity index (χ4n) is 3.14. The quantitative estimate of drug-likeness (QED) is 0.350. The van der Waals surface area contributed by atoms with Crippen LogP contribution in [0.2, 0.25) is 5.02 Å². The zero-order chi connectivity index (χ0) is 22.5. The van der Waals surface area contributed by atoms with Gasteiger partial charge < -0.3 is 10.1 Å². The predicted molar refractivity (Wildman–Crippen MR) is 126 cm³/mol. The Hall–Kier alpha value is -3.16. The van der Waals surface area contributed by atoms with Crippen molar-refractivity contribution >= 4 is 46.0 Å². The molecule has 0 bridgehead atoms. The lowest BCUT2D eigenvalue weighted by Gasteiger charge is -2.12. The van der Waals surface area contributed by atoms with Crippen LogP contribution in [0.3, 0.4) is 0 Å². The number of carbonyl (C=O) groups excluding carboxylic acids is 1. The second-order valence-electron chi connectivity index (χ2n) is 6.95. The van der Waals surface area contributed by atoms with Gasteiger partial charge in [-0.25, -0.2) is 14.4 Å². The molecular formula is C24H19ClFN3O2S. The van der Waals surface area contributed by atoms with Crippen LogP contribution >= 0.6 is 23.4 Å². The minimum Gasteiger partial charge on any atom is -0.495 e. The summed E-state index contributed by atoms with van der Waals surface area (Å²) in [6.07, 6.45) is 0.476. The summed E-state index contributed by atoms with van der Waals surface area (Å²) in [5.41, 5.74) is 3.65. The smallest absolute Gasteiger partial charge is 0.234 e. The molecule has 0 aliphatic heterocycles. The zero-order valence-electron chi connectivity index (χ0n) is 17.1. The molecule has 162 valence electrons. The van der Waals surface area contributed by atoms with Crippen LogP contribution in [0, 0.1) is 5.82 Å². The van der Waals surface area contributed by atoms with E-state index in [0.717, 1.165) is 22.3 Å². The molecule has 0 fully saturated rings. The van der Waals surface area contributed by atoms with Crippen molar-refractivity contribution in [1.29, 1.82) is 0 Å². The predicted octanol–water partition coefficient (Wildman–Crippen LogP) is 5.75. The molecule has 0 atom stereocenters. The molecule has 4 rings (SSSR count). The number of benzene rings is 3. The van der Waals surface area contributed by atoms with Crippen molar-refractivity contribution in [2.75, 3.05) is 18.2 Å². The minimum atomic E-state index is -0.291. The topological polar surface area (TPSA) is 64.1 Å². The molecule has 1 aromatic heterocycles. The molecule has 0 aliphatic rings. The lowest BCUT2D eigenvalue weighted by Crippen LogP contribution is -2.15. The highest BCUT2D eigenvalue weighted by Gasteiger charge is 2.14. The van der Waals surface area contributed by atoms with Gasteiger partial charge in [0, 0.05) is 11.4 Å². The van der Waals surface area contributed by atoms with Gasteiger partial charge >= 0.3 is 0 Å². The van der Waals surface area contributed by atoms with Crippen LogP contribution in [0.25, 0.3) is 11.0 Å². The number of thioether (sulfide) groups is 1. The summed E-state index contributed by atoms with van der Waals surface area (Å²) in [5, 5.41) is 3.98. The largest absolute Gasteiger partial charge is 0.495 e. The van der Waals surface area contributed by atoms with Crippen LogP contribution in [0.1, 0.15) is 11.3 Å². The first-order chi connectivity index (χ1) is 15.5. The number of nitrogens with one attached hydrogen (secondary N) is 1. The molecule has 0 aliphatic carbocycles. The summed E-state index contributed by atoms with van der Waals surface area (Å²) < 4.78 is 18.6. The van der Waals surface area contributed by atoms with E-state index in [4.69, 9.17) is 26.3 Å². The molecule has 0 unspecified atom stereocenters. The van der Waals surface area contributed by atoms with Gasteiger partial charge in [-0.3, -0.25) is 4.79 Å². The van der Waals surface area contributed by atoms with E-state index in [-0.39, 0.29) is 17.5 Å². The second kappa shape index (κ2) is 9.97. The Bertz CT molecular complexity index is 1270. The zero-order valence-corrected chi connectivity index (χ0v) is 18.7. The lowest BCUT2D eigenvalue weighted by atomic mass is 10.1. The van der Waals surface area contributed by atoms with Crippen molar-refractivity contribution in [3.63, 3.8) is 0 Å². The molecule has 1 N–H and O–H groups in total. The normalized spacial score (nSPS) is 10.8. The van der Waals surface area contributed by atoms with Crippen molar-refractivity contribution in [2.24, 2.45) is 0 Å². The molecular weight excluding hydrogens is 449 g/mol. The van der Waals surface area contributed by atoms with Gasteiger partial charge in [0.1, 0.15) is 16.6 Å². The first-order valence-electron chi connectivity index (χ1n) is 9.78. The average molecular weight is 468 g/mol. The molecule has 32 heavy (non-hydrogen) atoms. The van der Waals surface area contributed by atoms with Gasteiger partial charge in [-0.1, -0.05) is 47.6 Å². The standard InChI is InChI=1S/C24H19ClFN3O2S/c1-31-22-11-8-16(25)13-20(22)28-23(30)14-32-24-21(12-15-6-9-17(26)10-7-15)27-18-4-2-3-5-19(18)29-24/h2-11,13H,12,14H2,1H3,(H,28,30). The number of nitrogens with zero attached hydrogens (tertiary/aromatic N) is 2. The van der Waals surface area contributed by atoms with Crippen LogP contribution in [-0.4, -0.2) is 28.7 Å². The summed E-state index contributed by atoms with van der Waals surface area (Å²) in [6.45, 7) is 0. The summed E-state index contributed by atoms with van der Waals surface area (Å²) in [7, 11) is 1.53. The first kappa shape index (κ1) is 22.0. The number of hydrogen-bond acceptors (Lipinski definition) is 5. The number of aromatic nitrogens is 2. The third-order valence-corrected chi connectivity index (χ3v) is 5.91. The number of amides is 1. The molecule has 8 heteroatoms. The Labute approximate surface area is 194 Å². The molecule has 0 saturated carbocycles. The molecule has 0 radical (unpaired) electrons. The number of hydrogen-bond donors (Lipinski definition) is 1. The number of para-hydroxylation sites is 2. The van der Waals surface area contributed by atoms with E-state index in [2.05, 4.69) is 5.32 Å². The highest BCUT2D eigenvalue weighted by molar-refractivity contribution is 8.00. The molecule has 1 amide bonds. The lowest BCUT2D eigenvalue weighted by molar-refractivity contribution is -0.113. The Balaban J connectivity index is 1.55. The fraction of sp³-hybridized carbons (Fsp3) is 0.125. The van der Waals surface area contributed by atoms with Gasteiger partial charge in [-0.15, -0.1) is 0 Å². The van der Waals surface area contributed by atoms with Gasteiger partial charge in [0.2, 0.25) is 5.91 Å². The Morgan fingerprint density at radius 1 is 1.06 bits per heavy atom. The van der Waals surface area contributed by atoms with Crippen molar-refractivity contribution in [3.8, 4) is 5.75 Å². The van der Waals surface area contributed by atoms with E-state index in [0.29, 0.717) is 27.9 Å². The minimum absolute atomic E-state index is 0.124. The van der Waals surface area contributed by atoms with Crippen LogP contribution in [0.5, 0.6) is 5.75 Å². The van der Waals surface area contributed by atoms with Gasteiger partial charge in [-0.2, -0.15) is 0 Å². The maximum atomic E-state index is 13.3. The van der Waals surface area contributed by atoms with Crippen LogP contribution < -0.4 is 10.1 Å². The third-order valence-electron chi connectivity index (χ3n) is 4.67. The fourth-order valence-corrected chi connectivity index (χ4v) is 4.10. The number of methoxy groups -OCH3 is 1. The van der Waals surface area contributed by atoms with Crippen molar-refractivity contribution in [1.82, 2.24) is 9.97 Å². The molecule has 0 spiro atoms. The van der Waals surface area contributed by atoms with E-state index in [1.54, 1.807) is 30.3 Å². The number of ether oxygens (including phenoxy) is 1. The van der Waals surface area contributed by atoms with E-state index in [1.807, 2.05) is 24.3 Å². The van der Waals surface area contributed by atoms with Crippen molar-refractivity contribution in [2.45, 2.75) is 11.4 Å². The van der Waals surface area contributed by atoms with Crippen LogP contribution in [0.15, 0.2) is 71.8 Å². The number of fused-ring (bicyclic) bond motifs is 1. The molecule has 4 aromatic rings. The summed E-state index contributed by atoms with van der Waals surface area (Å²) in [5.74, 6) is 0.133. The monoisotopic (exact) mass is 467 g/mol. The summed E-state index contributed by atoms with van der Waals surface area (Å²) >= 11 is 7.34. The summed E-state index contributed by atoms with van der Waals surface area (Å²) in [4.78, 5) is 22.1. The Morgan fingerprint density at radius 3 is 2.50 bits per heavy atom. The molecule has 3 aromatic carbocycles. The van der Waals surface area contributed by atoms with Crippen LogP contribution in [-0.2, 0) is 11.2 Å². The SMILES string of the molecule is COc1ccc(Cl)cc1NC(=O)CSc1nc2ccccc2nc1Cc1ccc(F)cc1. The highest BCUT2D eigenvalue weighted by Crippen LogP contribution is 2.29. The van der Waals surface area contributed by atoms with E-state index >= 15 is 0 Å².